The third-order valence-corrected chi connectivity index (χ3v) is 4.16. The van der Waals surface area contributed by atoms with Crippen LogP contribution in [0.15, 0.2) is 50.4 Å². The zero-order valence-electron chi connectivity index (χ0n) is 12.4. The van der Waals surface area contributed by atoms with E-state index in [1.54, 1.807) is 50.4 Å². The average Bonchev–Trinajstić information content (AvgIpc) is 2.55. The van der Waals surface area contributed by atoms with Crippen molar-refractivity contribution in [2.24, 2.45) is 5.10 Å². The quantitative estimate of drug-likeness (QED) is 0.554. The molecule has 0 radical (unpaired) electrons. The number of ether oxygens (including phenoxy) is 1. The molecule has 0 aliphatic carbocycles. The number of benzene rings is 2. The lowest BCUT2D eigenvalue weighted by atomic mass is 10.1. The Morgan fingerprint density at radius 3 is 2.48 bits per heavy atom. The number of hydrogen-bond donors (Lipinski definition) is 2. The van der Waals surface area contributed by atoms with Crippen molar-refractivity contribution in [1.29, 1.82) is 0 Å². The Labute approximate surface area is 150 Å². The van der Waals surface area contributed by atoms with Gasteiger partial charge in [0.1, 0.15) is 11.5 Å². The molecule has 0 atom stereocenters. The summed E-state index contributed by atoms with van der Waals surface area (Å²) in [5.41, 5.74) is 3.92. The highest BCUT2D eigenvalue weighted by molar-refractivity contribution is 9.11. The molecule has 2 rings (SSSR count). The molecule has 0 aliphatic heterocycles. The lowest BCUT2D eigenvalue weighted by Crippen LogP contribution is -2.19. The number of aromatic hydroxyl groups is 1. The maximum Gasteiger partial charge on any atom is 0.271 e. The predicted molar refractivity (Wildman–Crippen MR) is 96.2 cm³/mol. The Kier molecular flexibility index (Phi) is 5.79. The minimum atomic E-state index is -0.347. The van der Waals surface area contributed by atoms with E-state index >= 15 is 0 Å². The zero-order valence-corrected chi connectivity index (χ0v) is 15.6. The maximum absolute atomic E-state index is 12.1. The summed E-state index contributed by atoms with van der Waals surface area (Å²) in [7, 11) is 1.56. The van der Waals surface area contributed by atoms with E-state index in [9.17, 15) is 9.90 Å². The van der Waals surface area contributed by atoms with Gasteiger partial charge in [-0.15, -0.1) is 0 Å². The van der Waals surface area contributed by atoms with Gasteiger partial charge in [0.05, 0.1) is 17.3 Å². The second-order valence-corrected chi connectivity index (χ2v) is 6.42. The fourth-order valence-corrected chi connectivity index (χ4v) is 3.07. The fourth-order valence-electron chi connectivity index (χ4n) is 1.84. The van der Waals surface area contributed by atoms with Crippen LogP contribution in [-0.4, -0.2) is 23.8 Å². The van der Waals surface area contributed by atoms with Crippen molar-refractivity contribution in [3.63, 3.8) is 0 Å². The van der Waals surface area contributed by atoms with Gasteiger partial charge in [0.2, 0.25) is 0 Å². The smallest absolute Gasteiger partial charge is 0.271 e. The van der Waals surface area contributed by atoms with Crippen LogP contribution in [-0.2, 0) is 0 Å². The number of halogens is 2. The van der Waals surface area contributed by atoms with Crippen LogP contribution in [0.2, 0.25) is 0 Å². The molecule has 2 aromatic rings. The van der Waals surface area contributed by atoms with E-state index in [1.807, 2.05) is 0 Å². The molecule has 0 unspecified atom stereocenters. The second-order valence-electron chi connectivity index (χ2n) is 4.65. The molecule has 0 heterocycles. The number of phenols is 1. The van der Waals surface area contributed by atoms with Crippen LogP contribution in [0.4, 0.5) is 0 Å². The molecule has 0 aromatic heterocycles. The number of nitrogens with one attached hydrogen (secondary N) is 1. The third-order valence-electron chi connectivity index (χ3n) is 3.10. The van der Waals surface area contributed by atoms with Crippen LogP contribution in [0.5, 0.6) is 11.5 Å². The maximum atomic E-state index is 12.1. The van der Waals surface area contributed by atoms with E-state index in [1.165, 1.54) is 0 Å². The van der Waals surface area contributed by atoms with Gasteiger partial charge in [-0.3, -0.25) is 4.79 Å². The molecule has 0 bridgehead atoms. The lowest BCUT2D eigenvalue weighted by Gasteiger charge is -2.08. The summed E-state index contributed by atoms with van der Waals surface area (Å²) >= 11 is 6.61. The molecule has 2 N–H and O–H groups in total. The molecule has 0 fully saturated rings. The number of hydrazone groups is 1. The molecule has 120 valence electrons. The van der Waals surface area contributed by atoms with Gasteiger partial charge >= 0.3 is 0 Å². The summed E-state index contributed by atoms with van der Waals surface area (Å²) in [4.78, 5) is 12.1. The standard InChI is InChI=1S/C16H14Br2N2O3/c1-9(13-7-11(17)8-14(18)15(13)21)19-20-16(22)10-3-5-12(23-2)6-4-10/h3-8,21H,1-2H3,(H,20,22)/b19-9+. The largest absolute Gasteiger partial charge is 0.506 e. The van der Waals surface area contributed by atoms with Crippen LogP contribution in [0.3, 0.4) is 0 Å². The molecule has 5 nitrogen and oxygen atoms in total. The second kappa shape index (κ2) is 7.61. The van der Waals surface area contributed by atoms with E-state index < -0.39 is 0 Å². The van der Waals surface area contributed by atoms with E-state index in [4.69, 9.17) is 4.74 Å². The minimum absolute atomic E-state index is 0.0631. The number of nitrogens with zero attached hydrogens (tertiary/aromatic N) is 1. The molecular weight excluding hydrogens is 428 g/mol. The molecule has 2 aromatic carbocycles. The van der Waals surface area contributed by atoms with Gasteiger partial charge in [0.25, 0.3) is 5.91 Å². The van der Waals surface area contributed by atoms with Crippen molar-refractivity contribution in [3.05, 3.63) is 56.5 Å². The Hall–Kier alpha value is -1.86. The first-order valence-electron chi connectivity index (χ1n) is 6.59. The first-order chi connectivity index (χ1) is 10.9. The SMILES string of the molecule is COc1ccc(C(=O)N/N=C(\C)c2cc(Br)cc(Br)c2O)cc1. The summed E-state index contributed by atoms with van der Waals surface area (Å²) < 4.78 is 6.37. The first kappa shape index (κ1) is 17.5. The van der Waals surface area contributed by atoms with Gasteiger partial charge in [-0.05, 0) is 59.3 Å². The number of carbonyl (C=O) groups excluding carboxylic acids is 1. The van der Waals surface area contributed by atoms with Crippen LogP contribution in [0.1, 0.15) is 22.8 Å². The van der Waals surface area contributed by atoms with Gasteiger partial charge in [-0.25, -0.2) is 5.43 Å². The Morgan fingerprint density at radius 2 is 1.87 bits per heavy atom. The molecular formula is C16H14Br2N2O3. The number of rotatable bonds is 4. The third kappa shape index (κ3) is 4.33. The van der Waals surface area contributed by atoms with E-state index in [-0.39, 0.29) is 11.7 Å². The van der Waals surface area contributed by atoms with Gasteiger partial charge in [0.15, 0.2) is 0 Å². The predicted octanol–water partition coefficient (Wildman–Crippen LogP) is 4.08. The van der Waals surface area contributed by atoms with Crippen molar-refractivity contribution >= 4 is 43.5 Å². The van der Waals surface area contributed by atoms with Crippen LogP contribution >= 0.6 is 31.9 Å². The summed E-state index contributed by atoms with van der Waals surface area (Å²) in [6.45, 7) is 1.70. The average molecular weight is 442 g/mol. The van der Waals surface area contributed by atoms with Crippen molar-refractivity contribution in [1.82, 2.24) is 5.43 Å². The topological polar surface area (TPSA) is 70.9 Å². The van der Waals surface area contributed by atoms with E-state index in [2.05, 4.69) is 42.4 Å². The highest BCUT2D eigenvalue weighted by Crippen LogP contribution is 2.32. The number of carbonyl (C=O) groups is 1. The molecule has 23 heavy (non-hydrogen) atoms. The number of amides is 1. The highest BCUT2D eigenvalue weighted by Gasteiger charge is 2.11. The number of hydrogen-bond acceptors (Lipinski definition) is 4. The first-order valence-corrected chi connectivity index (χ1v) is 8.18. The molecule has 0 aliphatic rings. The van der Waals surface area contributed by atoms with Crippen molar-refractivity contribution < 1.29 is 14.6 Å². The molecule has 0 saturated heterocycles. The van der Waals surface area contributed by atoms with E-state index in [0.29, 0.717) is 27.1 Å². The van der Waals surface area contributed by atoms with Crippen LogP contribution in [0, 0.1) is 0 Å². The van der Waals surface area contributed by atoms with Crippen LogP contribution < -0.4 is 10.2 Å². The summed E-state index contributed by atoms with van der Waals surface area (Å²) in [5.74, 6) is 0.388. The van der Waals surface area contributed by atoms with Crippen molar-refractivity contribution in [3.8, 4) is 11.5 Å². The van der Waals surface area contributed by atoms with Crippen molar-refractivity contribution in [2.45, 2.75) is 6.92 Å². The Morgan fingerprint density at radius 1 is 1.22 bits per heavy atom. The lowest BCUT2D eigenvalue weighted by molar-refractivity contribution is 0.0955. The number of methoxy groups -OCH3 is 1. The summed E-state index contributed by atoms with van der Waals surface area (Å²) in [5, 5.41) is 14.1. The van der Waals surface area contributed by atoms with Gasteiger partial charge < -0.3 is 9.84 Å². The monoisotopic (exact) mass is 440 g/mol. The molecule has 0 saturated carbocycles. The van der Waals surface area contributed by atoms with Gasteiger partial charge in [0, 0.05) is 15.6 Å². The van der Waals surface area contributed by atoms with Gasteiger partial charge in [-0.2, -0.15) is 5.10 Å². The van der Waals surface area contributed by atoms with Gasteiger partial charge in [-0.1, -0.05) is 15.9 Å². The normalized spacial score (nSPS) is 11.2. The highest BCUT2D eigenvalue weighted by atomic mass is 79.9. The molecule has 7 heteroatoms. The van der Waals surface area contributed by atoms with E-state index in [0.717, 1.165) is 4.47 Å². The number of phenolic OH excluding ortho intramolecular Hbond substituents is 1. The minimum Gasteiger partial charge on any atom is -0.506 e. The Bertz CT molecular complexity index is 759. The fraction of sp³-hybridized carbons (Fsp3) is 0.125. The summed E-state index contributed by atoms with van der Waals surface area (Å²) in [6, 6.07) is 10.1. The summed E-state index contributed by atoms with van der Waals surface area (Å²) in [6.07, 6.45) is 0. The van der Waals surface area contributed by atoms with Crippen molar-refractivity contribution in [2.75, 3.05) is 7.11 Å². The zero-order chi connectivity index (χ0) is 17.0. The van der Waals surface area contributed by atoms with Crippen LogP contribution in [0.25, 0.3) is 0 Å². The Balaban J connectivity index is 2.17. The molecule has 0 spiro atoms. The molecule has 1 amide bonds.